The molecule has 7 nitrogen and oxygen atoms in total. The number of aryl methyl sites for hydroxylation is 2. The van der Waals surface area contributed by atoms with Gasteiger partial charge in [0.15, 0.2) is 5.60 Å². The molecule has 6 rings (SSSR count). The van der Waals surface area contributed by atoms with Crippen LogP contribution in [0.5, 0.6) is 11.6 Å². The highest BCUT2D eigenvalue weighted by molar-refractivity contribution is 5.97. The average Bonchev–Trinajstić information content (AvgIpc) is 3.37. The van der Waals surface area contributed by atoms with Gasteiger partial charge in [-0.15, -0.1) is 0 Å². The summed E-state index contributed by atoms with van der Waals surface area (Å²) in [6, 6.07) is 20.4. The first kappa shape index (κ1) is 24.1. The van der Waals surface area contributed by atoms with E-state index in [2.05, 4.69) is 65.1 Å². The molecule has 0 radical (unpaired) electrons. The molecule has 2 aliphatic heterocycles. The van der Waals surface area contributed by atoms with Crippen molar-refractivity contribution < 1.29 is 14.3 Å². The predicted octanol–water partition coefficient (Wildman–Crippen LogP) is 5.88. The molecule has 0 N–H and O–H groups in total. The molecule has 0 saturated carbocycles. The van der Waals surface area contributed by atoms with Crippen LogP contribution in [-0.2, 0) is 17.4 Å². The first-order valence-electron chi connectivity index (χ1n) is 13.1. The van der Waals surface area contributed by atoms with Crippen molar-refractivity contribution in [3.63, 3.8) is 0 Å². The quantitative estimate of drug-likeness (QED) is 0.314. The van der Waals surface area contributed by atoms with Gasteiger partial charge in [-0.2, -0.15) is 5.10 Å². The first-order chi connectivity index (χ1) is 18.3. The summed E-state index contributed by atoms with van der Waals surface area (Å²) in [6.07, 6.45) is 0. The molecule has 1 unspecified atom stereocenters. The van der Waals surface area contributed by atoms with E-state index in [0.717, 1.165) is 58.0 Å². The minimum absolute atomic E-state index is 0.340. The number of ether oxygens (including phenoxy) is 2. The van der Waals surface area contributed by atoms with Crippen molar-refractivity contribution in [2.75, 3.05) is 37.0 Å². The summed E-state index contributed by atoms with van der Waals surface area (Å²) < 4.78 is 14.7. The van der Waals surface area contributed by atoms with Gasteiger partial charge in [0, 0.05) is 68.4 Å². The molecule has 1 aromatic heterocycles. The van der Waals surface area contributed by atoms with Gasteiger partial charge in [-0.25, -0.2) is 9.48 Å². The number of carbonyl (C=O) groups is 1. The molecule has 7 heteroatoms. The molecule has 0 aliphatic carbocycles. The number of anilines is 2. The lowest BCUT2D eigenvalue weighted by Crippen LogP contribution is -2.34. The Labute approximate surface area is 223 Å². The van der Waals surface area contributed by atoms with Crippen LogP contribution in [0.2, 0.25) is 0 Å². The average molecular weight is 509 g/mol. The zero-order valence-electron chi connectivity index (χ0n) is 22.7. The van der Waals surface area contributed by atoms with Gasteiger partial charge in [-0.3, -0.25) is 0 Å². The van der Waals surface area contributed by atoms with Crippen molar-refractivity contribution >= 4 is 17.3 Å². The van der Waals surface area contributed by atoms with Crippen molar-refractivity contribution in [3.05, 3.63) is 88.6 Å². The summed E-state index contributed by atoms with van der Waals surface area (Å²) >= 11 is 0. The summed E-state index contributed by atoms with van der Waals surface area (Å²) in [5, 5.41) is 4.67. The van der Waals surface area contributed by atoms with E-state index in [1.807, 2.05) is 52.3 Å². The standard InChI is InChI=1S/C31H32N4O3/c1-7-35(8-2)26-18-27-25(17-23(26)20-13-15-21(16-14-20)33(4)5)31(28-19(3)32-34(6)29(28)37-27)24-12-10-9-11-22(24)30(36)38-31/h9-18H,7-8H2,1-6H3. The van der Waals surface area contributed by atoms with Gasteiger partial charge >= 0.3 is 5.97 Å². The van der Waals surface area contributed by atoms with Crippen molar-refractivity contribution in [1.29, 1.82) is 0 Å². The number of fused-ring (bicyclic) bond motifs is 6. The third-order valence-corrected chi connectivity index (χ3v) is 7.78. The molecule has 0 bridgehead atoms. The SMILES string of the molecule is CCN(CC)c1cc2c(cc1-c1ccc(N(C)C)cc1)C1(OC(=O)c3ccccc31)c1c(C)nn(C)c1O2. The van der Waals surface area contributed by atoms with Crippen molar-refractivity contribution in [3.8, 4) is 22.8 Å². The Morgan fingerprint density at radius 1 is 0.947 bits per heavy atom. The Balaban J connectivity index is 1.68. The van der Waals surface area contributed by atoms with Gasteiger partial charge in [-0.05, 0) is 50.6 Å². The molecule has 0 amide bonds. The minimum Gasteiger partial charge on any atom is -0.440 e. The van der Waals surface area contributed by atoms with Crippen LogP contribution in [-0.4, -0.2) is 42.9 Å². The molecule has 2 aliphatic rings. The van der Waals surface area contributed by atoms with Gasteiger partial charge in [-0.1, -0.05) is 30.3 Å². The van der Waals surface area contributed by atoms with Gasteiger partial charge in [0.2, 0.25) is 5.88 Å². The van der Waals surface area contributed by atoms with E-state index in [1.54, 1.807) is 4.68 Å². The maximum absolute atomic E-state index is 13.3. The van der Waals surface area contributed by atoms with E-state index in [-0.39, 0.29) is 5.97 Å². The Morgan fingerprint density at radius 3 is 2.34 bits per heavy atom. The summed E-state index contributed by atoms with van der Waals surface area (Å²) in [7, 11) is 5.94. The van der Waals surface area contributed by atoms with Crippen LogP contribution in [0.15, 0.2) is 60.7 Å². The molecule has 1 atom stereocenters. The monoisotopic (exact) mass is 508 g/mol. The highest BCUT2D eigenvalue weighted by atomic mass is 16.6. The van der Waals surface area contributed by atoms with E-state index in [9.17, 15) is 4.79 Å². The molecule has 0 fully saturated rings. The largest absolute Gasteiger partial charge is 0.440 e. The number of rotatable bonds is 5. The lowest BCUT2D eigenvalue weighted by atomic mass is 9.77. The second-order valence-electron chi connectivity index (χ2n) is 10.1. The lowest BCUT2D eigenvalue weighted by molar-refractivity contribution is 0.0221. The Hall–Kier alpha value is -4.26. The van der Waals surface area contributed by atoms with Gasteiger partial charge in [0.05, 0.1) is 16.8 Å². The second-order valence-corrected chi connectivity index (χ2v) is 10.1. The summed E-state index contributed by atoms with van der Waals surface area (Å²) in [6.45, 7) is 7.94. The number of hydrogen-bond acceptors (Lipinski definition) is 6. The molecule has 38 heavy (non-hydrogen) atoms. The lowest BCUT2D eigenvalue weighted by Gasteiger charge is -2.37. The summed E-state index contributed by atoms with van der Waals surface area (Å²) in [5.74, 6) is 0.918. The van der Waals surface area contributed by atoms with E-state index >= 15 is 0 Å². The van der Waals surface area contributed by atoms with E-state index in [1.165, 1.54) is 0 Å². The van der Waals surface area contributed by atoms with Gasteiger partial charge in [0.1, 0.15) is 5.75 Å². The van der Waals surface area contributed by atoms with Crippen LogP contribution in [0.1, 0.15) is 46.6 Å². The number of hydrogen-bond donors (Lipinski definition) is 0. The third-order valence-electron chi connectivity index (χ3n) is 7.78. The number of nitrogens with zero attached hydrogens (tertiary/aromatic N) is 4. The number of esters is 1. The molecule has 1 spiro atoms. The van der Waals surface area contributed by atoms with E-state index < -0.39 is 5.60 Å². The zero-order valence-corrected chi connectivity index (χ0v) is 22.7. The highest BCUT2D eigenvalue weighted by Gasteiger charge is 2.56. The van der Waals surface area contributed by atoms with Crippen LogP contribution >= 0.6 is 0 Å². The summed E-state index contributed by atoms with van der Waals surface area (Å²) in [4.78, 5) is 17.7. The topological polar surface area (TPSA) is 59.8 Å². The second kappa shape index (κ2) is 8.65. The fraction of sp³-hybridized carbons (Fsp3) is 0.290. The first-order valence-corrected chi connectivity index (χ1v) is 13.1. The van der Waals surface area contributed by atoms with E-state index in [4.69, 9.17) is 9.47 Å². The van der Waals surface area contributed by atoms with E-state index in [0.29, 0.717) is 17.2 Å². The highest BCUT2D eigenvalue weighted by Crippen LogP contribution is 2.58. The summed E-state index contributed by atoms with van der Waals surface area (Å²) in [5.41, 5.74) is 6.93. The third kappa shape index (κ3) is 3.27. The Morgan fingerprint density at radius 2 is 1.66 bits per heavy atom. The van der Waals surface area contributed by atoms with Gasteiger partial charge in [0.25, 0.3) is 0 Å². The van der Waals surface area contributed by atoms with Crippen LogP contribution in [0.3, 0.4) is 0 Å². The molecule has 194 valence electrons. The minimum atomic E-state index is -1.14. The maximum Gasteiger partial charge on any atom is 0.340 e. The van der Waals surface area contributed by atoms with Gasteiger partial charge < -0.3 is 19.3 Å². The number of benzene rings is 3. The molecular formula is C31H32N4O3. The molecular weight excluding hydrogens is 476 g/mol. The van der Waals surface area contributed by atoms with Crippen molar-refractivity contribution in [2.45, 2.75) is 26.4 Å². The normalized spacial score (nSPS) is 16.9. The molecule has 4 aromatic rings. The van der Waals surface area contributed by atoms with Crippen LogP contribution in [0.4, 0.5) is 11.4 Å². The number of aromatic nitrogens is 2. The molecule has 3 aromatic carbocycles. The van der Waals surface area contributed by atoms with Crippen molar-refractivity contribution in [2.24, 2.45) is 7.05 Å². The maximum atomic E-state index is 13.3. The molecule has 3 heterocycles. The number of carbonyl (C=O) groups excluding carboxylic acids is 1. The fourth-order valence-corrected chi connectivity index (χ4v) is 5.93. The fourth-order valence-electron chi connectivity index (χ4n) is 5.93. The Kier molecular flexibility index (Phi) is 5.49. The van der Waals surface area contributed by atoms with Crippen LogP contribution in [0.25, 0.3) is 11.1 Å². The van der Waals surface area contributed by atoms with Crippen molar-refractivity contribution in [1.82, 2.24) is 9.78 Å². The van der Waals surface area contributed by atoms with Crippen LogP contribution in [0, 0.1) is 6.92 Å². The van der Waals surface area contributed by atoms with Crippen LogP contribution < -0.4 is 14.5 Å². The zero-order chi connectivity index (χ0) is 26.8. The Bertz CT molecular complexity index is 1570. The molecule has 0 saturated heterocycles. The predicted molar refractivity (Wildman–Crippen MR) is 150 cm³/mol. The smallest absolute Gasteiger partial charge is 0.340 e.